The molecule has 1 atom stereocenters. The molecule has 2 aromatic heterocycles. The molecule has 1 saturated heterocycles. The third-order valence-corrected chi connectivity index (χ3v) is 5.10. The van der Waals surface area contributed by atoms with E-state index in [1.54, 1.807) is 17.0 Å². The van der Waals surface area contributed by atoms with E-state index in [4.69, 9.17) is 9.47 Å². The molecular formula is C23H22FN5O3. The zero-order valence-corrected chi connectivity index (χ0v) is 17.5. The molecule has 8 nitrogen and oxygen atoms in total. The summed E-state index contributed by atoms with van der Waals surface area (Å²) in [4.78, 5) is 25.3. The predicted octanol–water partition coefficient (Wildman–Crippen LogP) is 2.73. The molecule has 0 saturated carbocycles. The number of anilines is 1. The number of nitrogens with zero attached hydrogens (tertiary/aromatic N) is 3. The number of carbonyl (C=O) groups is 1. The van der Waals surface area contributed by atoms with E-state index in [1.165, 1.54) is 25.6 Å². The molecule has 1 amide bonds. The van der Waals surface area contributed by atoms with Crippen LogP contribution in [0, 0.1) is 17.7 Å². The Morgan fingerprint density at radius 3 is 3.16 bits per heavy atom. The van der Waals surface area contributed by atoms with Crippen LogP contribution in [0.25, 0.3) is 11.0 Å². The van der Waals surface area contributed by atoms with Gasteiger partial charge in [0.05, 0.1) is 18.2 Å². The van der Waals surface area contributed by atoms with Crippen molar-refractivity contribution in [1.29, 1.82) is 0 Å². The fraction of sp³-hybridized carbons (Fsp3) is 0.261. The van der Waals surface area contributed by atoms with Crippen molar-refractivity contribution in [1.82, 2.24) is 19.9 Å². The second-order valence-electron chi connectivity index (χ2n) is 7.15. The molecule has 32 heavy (non-hydrogen) atoms. The molecule has 164 valence electrons. The number of para-hydroxylation sites is 1. The Labute approximate surface area is 184 Å². The maximum Gasteiger partial charge on any atom is 0.246 e. The molecule has 1 aromatic carbocycles. The highest BCUT2D eigenvalue weighted by atomic mass is 19.1. The number of ether oxygens (including phenoxy) is 2. The van der Waals surface area contributed by atoms with Crippen molar-refractivity contribution in [3.8, 4) is 23.3 Å². The summed E-state index contributed by atoms with van der Waals surface area (Å²) in [7, 11) is 1.45. The smallest absolute Gasteiger partial charge is 0.246 e. The Bertz CT molecular complexity index is 1210. The number of H-pyrrole nitrogens is 1. The lowest BCUT2D eigenvalue weighted by Crippen LogP contribution is -2.30. The van der Waals surface area contributed by atoms with Crippen LogP contribution >= 0.6 is 0 Å². The van der Waals surface area contributed by atoms with Gasteiger partial charge in [-0.3, -0.25) is 4.79 Å². The number of methoxy groups -OCH3 is 1. The van der Waals surface area contributed by atoms with Gasteiger partial charge in [-0.2, -0.15) is 0 Å². The first kappa shape index (κ1) is 21.2. The molecule has 0 unspecified atom stereocenters. The van der Waals surface area contributed by atoms with Gasteiger partial charge in [-0.15, -0.1) is 0 Å². The fourth-order valence-corrected chi connectivity index (χ4v) is 3.55. The molecule has 1 aliphatic heterocycles. The first-order chi connectivity index (χ1) is 15.6. The molecule has 2 N–H and O–H groups in total. The average Bonchev–Trinajstić information content (AvgIpc) is 3.44. The zero-order chi connectivity index (χ0) is 22.5. The minimum absolute atomic E-state index is 0.0152. The molecule has 9 heteroatoms. The van der Waals surface area contributed by atoms with Gasteiger partial charge in [0.15, 0.2) is 17.3 Å². The number of hydrogen-bond acceptors (Lipinski definition) is 6. The van der Waals surface area contributed by atoms with Crippen LogP contribution in [0.5, 0.6) is 11.5 Å². The number of rotatable bonds is 6. The summed E-state index contributed by atoms with van der Waals surface area (Å²) in [5.41, 5.74) is 1.27. The van der Waals surface area contributed by atoms with E-state index in [2.05, 4.69) is 38.7 Å². The third kappa shape index (κ3) is 4.49. The van der Waals surface area contributed by atoms with Crippen molar-refractivity contribution in [2.75, 3.05) is 32.1 Å². The number of nitrogens with one attached hydrogen (secondary N) is 2. The van der Waals surface area contributed by atoms with Crippen LogP contribution in [-0.4, -0.2) is 58.6 Å². The molecule has 3 heterocycles. The van der Waals surface area contributed by atoms with Crippen molar-refractivity contribution in [2.45, 2.75) is 12.5 Å². The highest BCUT2D eigenvalue weighted by molar-refractivity contribution is 5.89. The van der Waals surface area contributed by atoms with Crippen molar-refractivity contribution >= 4 is 22.8 Å². The normalized spacial score (nSPS) is 15.2. The van der Waals surface area contributed by atoms with Crippen LogP contribution in [0.1, 0.15) is 12.1 Å². The zero-order valence-electron chi connectivity index (χ0n) is 17.5. The van der Waals surface area contributed by atoms with Crippen LogP contribution < -0.4 is 14.8 Å². The largest absolute Gasteiger partial charge is 0.493 e. The van der Waals surface area contributed by atoms with Gasteiger partial charge in [0, 0.05) is 19.1 Å². The van der Waals surface area contributed by atoms with Crippen LogP contribution in [0.4, 0.5) is 10.2 Å². The summed E-state index contributed by atoms with van der Waals surface area (Å²) in [6.45, 7) is 4.78. The average molecular weight is 435 g/mol. The van der Waals surface area contributed by atoms with E-state index in [1.807, 2.05) is 6.07 Å². The maximum absolute atomic E-state index is 13.9. The van der Waals surface area contributed by atoms with Gasteiger partial charge in [0.2, 0.25) is 5.91 Å². The number of hydrogen-bond donors (Lipinski definition) is 2. The standard InChI is InChI=1S/C23H22FN5O3/c1-3-20(30)29-10-9-16(13-29)28-23-17-12-15(27-22(17)25-14-26-23)6-5-11-32-21-18(24)7-4-8-19(21)31-2/h3-4,7-8,12,14,16H,1,9-11,13H2,2H3,(H2,25,26,27,28)/t16-/m1/s1. The number of likely N-dealkylation sites (tertiary alicyclic amines) is 1. The van der Waals surface area contributed by atoms with Crippen molar-refractivity contribution in [3.63, 3.8) is 0 Å². The van der Waals surface area contributed by atoms with Crippen LogP contribution in [0.2, 0.25) is 0 Å². The van der Waals surface area contributed by atoms with Crippen molar-refractivity contribution in [2.24, 2.45) is 0 Å². The van der Waals surface area contributed by atoms with Gasteiger partial charge in [0.1, 0.15) is 24.4 Å². The lowest BCUT2D eigenvalue weighted by molar-refractivity contribution is -0.125. The van der Waals surface area contributed by atoms with E-state index in [0.29, 0.717) is 36.0 Å². The van der Waals surface area contributed by atoms with Gasteiger partial charge in [0.25, 0.3) is 0 Å². The lowest BCUT2D eigenvalue weighted by atomic mass is 10.2. The lowest BCUT2D eigenvalue weighted by Gasteiger charge is -2.15. The fourth-order valence-electron chi connectivity index (χ4n) is 3.55. The minimum Gasteiger partial charge on any atom is -0.493 e. The van der Waals surface area contributed by atoms with E-state index in [-0.39, 0.29) is 24.3 Å². The van der Waals surface area contributed by atoms with Crippen LogP contribution in [0.15, 0.2) is 43.2 Å². The molecule has 1 fully saturated rings. The van der Waals surface area contributed by atoms with Crippen molar-refractivity contribution < 1.29 is 18.7 Å². The molecule has 0 radical (unpaired) electrons. The summed E-state index contributed by atoms with van der Waals surface area (Å²) < 4.78 is 24.5. The molecule has 4 rings (SSSR count). The molecular weight excluding hydrogens is 413 g/mol. The Morgan fingerprint density at radius 2 is 2.34 bits per heavy atom. The molecule has 1 aliphatic rings. The van der Waals surface area contributed by atoms with Crippen molar-refractivity contribution in [3.05, 3.63) is 54.8 Å². The number of aromatic nitrogens is 3. The monoisotopic (exact) mass is 435 g/mol. The van der Waals surface area contributed by atoms with Gasteiger partial charge >= 0.3 is 0 Å². The summed E-state index contributed by atoms with van der Waals surface area (Å²) >= 11 is 0. The molecule has 3 aromatic rings. The van der Waals surface area contributed by atoms with Gasteiger partial charge < -0.3 is 24.7 Å². The Hall–Kier alpha value is -4.06. The summed E-state index contributed by atoms with van der Waals surface area (Å²) in [5.74, 6) is 6.24. The minimum atomic E-state index is -0.511. The number of aromatic amines is 1. The maximum atomic E-state index is 13.9. The summed E-state index contributed by atoms with van der Waals surface area (Å²) in [5, 5.41) is 4.18. The SMILES string of the molecule is C=CC(=O)N1CC[C@@H](Nc2ncnc3[nH]c(C#CCOc4c(F)cccc4OC)cc23)C1. The second-order valence-corrected chi connectivity index (χ2v) is 7.15. The number of fused-ring (bicyclic) bond motifs is 1. The first-order valence-corrected chi connectivity index (χ1v) is 10.0. The highest BCUT2D eigenvalue weighted by Gasteiger charge is 2.25. The number of benzene rings is 1. The Morgan fingerprint density at radius 1 is 1.47 bits per heavy atom. The molecule has 0 spiro atoms. The van der Waals surface area contributed by atoms with E-state index in [9.17, 15) is 9.18 Å². The Balaban J connectivity index is 1.44. The highest BCUT2D eigenvalue weighted by Crippen LogP contribution is 2.29. The Kier molecular flexibility index (Phi) is 6.22. The van der Waals surface area contributed by atoms with Gasteiger partial charge in [-0.05, 0) is 36.6 Å². The predicted molar refractivity (Wildman–Crippen MR) is 118 cm³/mol. The van der Waals surface area contributed by atoms with E-state index < -0.39 is 5.82 Å². The van der Waals surface area contributed by atoms with Crippen LogP contribution in [0.3, 0.4) is 0 Å². The topological polar surface area (TPSA) is 92.4 Å². The van der Waals surface area contributed by atoms with E-state index in [0.717, 1.165) is 11.8 Å². The number of amides is 1. The van der Waals surface area contributed by atoms with E-state index >= 15 is 0 Å². The van der Waals surface area contributed by atoms with Gasteiger partial charge in [-0.1, -0.05) is 18.6 Å². The van der Waals surface area contributed by atoms with Crippen LogP contribution in [-0.2, 0) is 4.79 Å². The quantitative estimate of drug-likeness (QED) is 0.457. The number of halogens is 1. The summed E-state index contributed by atoms with van der Waals surface area (Å²) in [6, 6.07) is 6.39. The molecule has 0 bridgehead atoms. The third-order valence-electron chi connectivity index (χ3n) is 5.10. The first-order valence-electron chi connectivity index (χ1n) is 10.0. The summed E-state index contributed by atoms with van der Waals surface area (Å²) in [6.07, 6.45) is 3.61. The molecule has 0 aliphatic carbocycles. The van der Waals surface area contributed by atoms with Gasteiger partial charge in [-0.25, -0.2) is 14.4 Å². The second kappa shape index (κ2) is 9.39. The number of carbonyl (C=O) groups excluding carboxylic acids is 1.